The minimum Gasteiger partial charge on any atom is -0.492 e. The maximum atomic E-state index is 11.4. The molecule has 0 saturated carbocycles. The zero-order chi connectivity index (χ0) is 13.1. The van der Waals surface area contributed by atoms with Crippen molar-refractivity contribution in [2.24, 2.45) is 0 Å². The lowest BCUT2D eigenvalue weighted by Gasteiger charge is -2.05. The molecule has 0 aliphatic heterocycles. The van der Waals surface area contributed by atoms with Gasteiger partial charge in [-0.25, -0.2) is 0 Å². The van der Waals surface area contributed by atoms with Crippen LogP contribution in [-0.4, -0.2) is 23.1 Å². The van der Waals surface area contributed by atoms with Crippen molar-refractivity contribution in [2.45, 2.75) is 13.5 Å². The molecule has 0 aliphatic carbocycles. The largest absolute Gasteiger partial charge is 0.492 e. The van der Waals surface area contributed by atoms with E-state index in [2.05, 4.69) is 15.5 Å². The summed E-state index contributed by atoms with van der Waals surface area (Å²) >= 11 is 1.30. The smallest absolute Gasteiger partial charge is 0.176 e. The van der Waals surface area contributed by atoms with E-state index in [0.717, 1.165) is 10.6 Å². The molecule has 2 rings (SSSR count). The molecule has 0 radical (unpaired) electrons. The average Bonchev–Trinajstić information content (AvgIpc) is 2.93. The molecule has 0 spiro atoms. The molecule has 2 aromatic heterocycles. The molecule has 0 unspecified atom stereocenters. The molecule has 0 aliphatic rings. The number of ketones is 1. The lowest BCUT2D eigenvalue weighted by molar-refractivity contribution is 0.102. The molecule has 2 heterocycles. The predicted molar refractivity (Wildman–Crippen MR) is 71.2 cm³/mol. The lowest BCUT2D eigenvalue weighted by atomic mass is 10.3. The number of aromatic nitrogens is 2. The quantitative estimate of drug-likeness (QED) is 0.718. The number of H-pyrrole nitrogens is 1. The highest BCUT2D eigenvalue weighted by atomic mass is 32.1. The zero-order valence-corrected chi connectivity index (χ0v) is 10.9. The molecular formula is C11H14N4O2S. The number of anilines is 2. The fourth-order valence-electron chi connectivity index (χ4n) is 1.57. The SMILES string of the molecule is COc1c(NCc2cn[nH]c2)sc(C(C)=O)c1N. The van der Waals surface area contributed by atoms with Gasteiger partial charge in [-0.05, 0) is 0 Å². The Morgan fingerprint density at radius 2 is 2.44 bits per heavy atom. The first-order valence-electron chi connectivity index (χ1n) is 5.32. The second-order valence-electron chi connectivity index (χ2n) is 3.72. The Balaban J connectivity index is 2.21. The second kappa shape index (κ2) is 5.09. The number of hydrogen-bond donors (Lipinski definition) is 3. The molecule has 0 atom stereocenters. The molecule has 0 amide bonds. The van der Waals surface area contributed by atoms with Crippen LogP contribution < -0.4 is 15.8 Å². The molecule has 0 fully saturated rings. The molecule has 0 bridgehead atoms. The van der Waals surface area contributed by atoms with Gasteiger partial charge in [0.15, 0.2) is 11.5 Å². The summed E-state index contributed by atoms with van der Waals surface area (Å²) in [5.41, 5.74) is 7.27. The number of nitrogen functional groups attached to an aromatic ring is 1. The van der Waals surface area contributed by atoms with Gasteiger partial charge in [-0.2, -0.15) is 5.10 Å². The van der Waals surface area contributed by atoms with Crippen LogP contribution in [0.25, 0.3) is 0 Å². The van der Waals surface area contributed by atoms with Gasteiger partial charge in [0.2, 0.25) is 0 Å². The van der Waals surface area contributed by atoms with Crippen molar-refractivity contribution in [1.29, 1.82) is 0 Å². The van der Waals surface area contributed by atoms with E-state index >= 15 is 0 Å². The predicted octanol–water partition coefficient (Wildman–Crippen LogP) is 1.88. The van der Waals surface area contributed by atoms with Crippen LogP contribution in [0.3, 0.4) is 0 Å². The molecular weight excluding hydrogens is 252 g/mol. The number of aromatic amines is 1. The molecule has 7 heteroatoms. The fourth-order valence-corrected chi connectivity index (χ4v) is 2.55. The molecule has 2 aromatic rings. The van der Waals surface area contributed by atoms with Gasteiger partial charge < -0.3 is 15.8 Å². The van der Waals surface area contributed by atoms with Gasteiger partial charge in [0.1, 0.15) is 5.00 Å². The van der Waals surface area contributed by atoms with Gasteiger partial charge in [-0.1, -0.05) is 0 Å². The highest BCUT2D eigenvalue weighted by Crippen LogP contribution is 2.42. The van der Waals surface area contributed by atoms with Crippen LogP contribution in [0.4, 0.5) is 10.7 Å². The number of ether oxygens (including phenoxy) is 1. The Bertz CT molecular complexity index is 548. The molecule has 0 saturated heterocycles. The van der Waals surface area contributed by atoms with Crippen LogP contribution in [0, 0.1) is 0 Å². The van der Waals surface area contributed by atoms with Crippen molar-refractivity contribution in [2.75, 3.05) is 18.2 Å². The first-order chi connectivity index (χ1) is 8.63. The Kier molecular flexibility index (Phi) is 3.52. The van der Waals surface area contributed by atoms with Crippen LogP contribution in [-0.2, 0) is 6.54 Å². The number of thiophene rings is 1. The number of Topliss-reactive ketones (excluding diaryl/α,β-unsaturated/α-hetero) is 1. The van der Waals surface area contributed by atoms with E-state index in [0.29, 0.717) is 22.9 Å². The summed E-state index contributed by atoms with van der Waals surface area (Å²) in [5.74, 6) is 0.459. The number of rotatable bonds is 5. The summed E-state index contributed by atoms with van der Waals surface area (Å²) < 4.78 is 5.22. The topological polar surface area (TPSA) is 93.0 Å². The minimum atomic E-state index is -0.0628. The van der Waals surface area contributed by atoms with Crippen LogP contribution in [0.5, 0.6) is 5.75 Å². The molecule has 18 heavy (non-hydrogen) atoms. The maximum absolute atomic E-state index is 11.4. The van der Waals surface area contributed by atoms with Gasteiger partial charge in [0, 0.05) is 25.2 Å². The minimum absolute atomic E-state index is 0.0628. The Labute approximate surface area is 108 Å². The van der Waals surface area contributed by atoms with Crippen molar-refractivity contribution in [3.8, 4) is 5.75 Å². The number of carbonyl (C=O) groups excluding carboxylic acids is 1. The van der Waals surface area contributed by atoms with Crippen molar-refractivity contribution in [1.82, 2.24) is 10.2 Å². The number of nitrogens with zero attached hydrogens (tertiary/aromatic N) is 1. The van der Waals surface area contributed by atoms with E-state index in [1.54, 1.807) is 12.4 Å². The highest BCUT2D eigenvalue weighted by molar-refractivity contribution is 7.19. The summed E-state index contributed by atoms with van der Waals surface area (Å²) in [4.78, 5) is 11.9. The lowest BCUT2D eigenvalue weighted by Crippen LogP contribution is -1.99. The van der Waals surface area contributed by atoms with E-state index in [1.807, 2.05) is 0 Å². The summed E-state index contributed by atoms with van der Waals surface area (Å²) in [7, 11) is 1.53. The summed E-state index contributed by atoms with van der Waals surface area (Å²) in [6.07, 6.45) is 3.52. The highest BCUT2D eigenvalue weighted by Gasteiger charge is 2.19. The zero-order valence-electron chi connectivity index (χ0n) is 10.1. The summed E-state index contributed by atoms with van der Waals surface area (Å²) in [6, 6.07) is 0. The van der Waals surface area contributed by atoms with E-state index in [1.165, 1.54) is 25.4 Å². The first kappa shape index (κ1) is 12.4. The summed E-state index contributed by atoms with van der Waals surface area (Å²) in [5, 5.41) is 10.5. The van der Waals surface area contributed by atoms with E-state index in [-0.39, 0.29) is 5.78 Å². The van der Waals surface area contributed by atoms with Crippen molar-refractivity contribution >= 4 is 27.8 Å². The standard InChI is InChI=1S/C11H14N4O2S/c1-6(16)10-8(12)9(17-2)11(18-10)13-3-7-4-14-15-5-7/h4-5,13H,3,12H2,1-2H3,(H,14,15). The number of hydrogen-bond acceptors (Lipinski definition) is 6. The van der Waals surface area contributed by atoms with Crippen molar-refractivity contribution < 1.29 is 9.53 Å². The van der Waals surface area contributed by atoms with Crippen LogP contribution in [0.1, 0.15) is 22.2 Å². The number of methoxy groups -OCH3 is 1. The van der Waals surface area contributed by atoms with Gasteiger partial charge in [-0.3, -0.25) is 9.89 Å². The first-order valence-corrected chi connectivity index (χ1v) is 6.13. The molecule has 0 aromatic carbocycles. The normalized spacial score (nSPS) is 10.3. The number of carbonyl (C=O) groups is 1. The third-order valence-corrected chi connectivity index (χ3v) is 3.68. The number of nitrogens with one attached hydrogen (secondary N) is 2. The van der Waals surface area contributed by atoms with E-state index in [4.69, 9.17) is 10.5 Å². The third-order valence-electron chi connectivity index (χ3n) is 2.43. The van der Waals surface area contributed by atoms with Crippen molar-refractivity contribution in [3.63, 3.8) is 0 Å². The Hall–Kier alpha value is -2.02. The van der Waals surface area contributed by atoms with E-state index < -0.39 is 0 Å². The fraction of sp³-hybridized carbons (Fsp3) is 0.273. The average molecular weight is 266 g/mol. The molecule has 4 N–H and O–H groups in total. The van der Waals surface area contributed by atoms with Crippen LogP contribution in [0.15, 0.2) is 12.4 Å². The molecule has 96 valence electrons. The van der Waals surface area contributed by atoms with Crippen LogP contribution >= 0.6 is 11.3 Å². The molecule has 6 nitrogen and oxygen atoms in total. The summed E-state index contributed by atoms with van der Waals surface area (Å²) in [6.45, 7) is 2.08. The van der Waals surface area contributed by atoms with Gasteiger partial charge >= 0.3 is 0 Å². The van der Waals surface area contributed by atoms with Gasteiger partial charge in [0.05, 0.1) is 23.9 Å². The maximum Gasteiger partial charge on any atom is 0.176 e. The number of nitrogens with two attached hydrogens (primary N) is 1. The second-order valence-corrected chi connectivity index (χ2v) is 4.74. The van der Waals surface area contributed by atoms with Crippen molar-refractivity contribution in [3.05, 3.63) is 22.8 Å². The van der Waals surface area contributed by atoms with Gasteiger partial charge in [-0.15, -0.1) is 11.3 Å². The monoisotopic (exact) mass is 266 g/mol. The Morgan fingerprint density at radius 3 is 3.00 bits per heavy atom. The van der Waals surface area contributed by atoms with Gasteiger partial charge in [0.25, 0.3) is 0 Å². The van der Waals surface area contributed by atoms with E-state index in [9.17, 15) is 4.79 Å². The Morgan fingerprint density at radius 1 is 1.67 bits per heavy atom. The third kappa shape index (κ3) is 2.30. The van der Waals surface area contributed by atoms with Crippen LogP contribution in [0.2, 0.25) is 0 Å².